The molecule has 126 valence electrons. The van der Waals surface area contributed by atoms with Gasteiger partial charge in [0.2, 0.25) is 6.79 Å². The standard InChI is InChI=1S/C17H15BrO6/c1-20-13-5-3-4-11(16(13)21-2)17(19)22-8-10-6-14-15(7-12(10)18)24-9-23-14/h3-7H,8-9H2,1-2H3. The van der Waals surface area contributed by atoms with Gasteiger partial charge in [0.1, 0.15) is 12.2 Å². The normalized spacial score (nSPS) is 12.0. The van der Waals surface area contributed by atoms with Gasteiger partial charge in [-0.3, -0.25) is 0 Å². The minimum atomic E-state index is -0.504. The van der Waals surface area contributed by atoms with Crippen molar-refractivity contribution in [1.29, 1.82) is 0 Å². The second-order valence-electron chi connectivity index (χ2n) is 4.91. The summed E-state index contributed by atoms with van der Waals surface area (Å²) in [5.74, 6) is 1.59. The maximum absolute atomic E-state index is 12.4. The van der Waals surface area contributed by atoms with Crippen molar-refractivity contribution < 1.29 is 28.5 Å². The first kappa shape index (κ1) is 16.4. The lowest BCUT2D eigenvalue weighted by molar-refractivity contribution is 0.0467. The zero-order chi connectivity index (χ0) is 17.1. The summed E-state index contributed by atoms with van der Waals surface area (Å²) < 4.78 is 27.2. The molecule has 0 atom stereocenters. The highest BCUT2D eigenvalue weighted by atomic mass is 79.9. The Labute approximate surface area is 147 Å². The Morgan fingerprint density at radius 2 is 1.92 bits per heavy atom. The molecule has 24 heavy (non-hydrogen) atoms. The zero-order valence-electron chi connectivity index (χ0n) is 13.1. The Balaban J connectivity index is 1.77. The first-order valence-electron chi connectivity index (χ1n) is 7.10. The first-order valence-corrected chi connectivity index (χ1v) is 7.89. The second kappa shape index (κ2) is 7.00. The maximum Gasteiger partial charge on any atom is 0.342 e. The van der Waals surface area contributed by atoms with Crippen molar-refractivity contribution in [3.63, 3.8) is 0 Å². The topological polar surface area (TPSA) is 63.2 Å². The van der Waals surface area contributed by atoms with Crippen molar-refractivity contribution in [2.24, 2.45) is 0 Å². The average molecular weight is 395 g/mol. The Morgan fingerprint density at radius 3 is 2.62 bits per heavy atom. The number of fused-ring (bicyclic) bond motifs is 1. The fourth-order valence-electron chi connectivity index (χ4n) is 2.34. The fourth-order valence-corrected chi connectivity index (χ4v) is 2.78. The number of para-hydroxylation sites is 1. The van der Waals surface area contributed by atoms with Crippen LogP contribution in [0.3, 0.4) is 0 Å². The van der Waals surface area contributed by atoms with Gasteiger partial charge in [0.15, 0.2) is 23.0 Å². The van der Waals surface area contributed by atoms with E-state index < -0.39 is 5.97 Å². The second-order valence-corrected chi connectivity index (χ2v) is 5.77. The lowest BCUT2D eigenvalue weighted by Crippen LogP contribution is -2.08. The van der Waals surface area contributed by atoms with Crippen LogP contribution in [0.25, 0.3) is 0 Å². The van der Waals surface area contributed by atoms with Crippen molar-refractivity contribution in [2.75, 3.05) is 21.0 Å². The van der Waals surface area contributed by atoms with Gasteiger partial charge < -0.3 is 23.7 Å². The molecule has 0 radical (unpaired) electrons. The molecule has 6 nitrogen and oxygen atoms in total. The van der Waals surface area contributed by atoms with Crippen molar-refractivity contribution in [3.8, 4) is 23.0 Å². The van der Waals surface area contributed by atoms with E-state index in [0.717, 1.165) is 10.0 Å². The van der Waals surface area contributed by atoms with Crippen LogP contribution in [-0.2, 0) is 11.3 Å². The molecule has 0 aromatic heterocycles. The predicted octanol–water partition coefficient (Wildman–Crippen LogP) is 3.55. The van der Waals surface area contributed by atoms with E-state index in [2.05, 4.69) is 15.9 Å². The van der Waals surface area contributed by atoms with E-state index >= 15 is 0 Å². The highest BCUT2D eigenvalue weighted by molar-refractivity contribution is 9.10. The average Bonchev–Trinajstić information content (AvgIpc) is 3.05. The highest BCUT2D eigenvalue weighted by Gasteiger charge is 2.20. The molecule has 0 saturated carbocycles. The number of benzene rings is 2. The largest absolute Gasteiger partial charge is 0.493 e. The van der Waals surface area contributed by atoms with Crippen LogP contribution < -0.4 is 18.9 Å². The molecule has 7 heteroatoms. The molecule has 0 unspecified atom stereocenters. The third-order valence-electron chi connectivity index (χ3n) is 3.52. The first-order chi connectivity index (χ1) is 11.6. The van der Waals surface area contributed by atoms with Crippen LogP contribution in [0.1, 0.15) is 15.9 Å². The summed E-state index contributed by atoms with van der Waals surface area (Å²) in [6, 6.07) is 8.61. The van der Waals surface area contributed by atoms with Gasteiger partial charge in [-0.2, -0.15) is 0 Å². The molecule has 0 bridgehead atoms. The van der Waals surface area contributed by atoms with Crippen LogP contribution in [0, 0.1) is 0 Å². The number of esters is 1. The number of ether oxygens (including phenoxy) is 5. The van der Waals surface area contributed by atoms with E-state index in [1.165, 1.54) is 14.2 Å². The van der Waals surface area contributed by atoms with E-state index in [0.29, 0.717) is 28.6 Å². The van der Waals surface area contributed by atoms with Gasteiger partial charge in [-0.1, -0.05) is 22.0 Å². The van der Waals surface area contributed by atoms with Gasteiger partial charge in [-0.15, -0.1) is 0 Å². The van der Waals surface area contributed by atoms with Gasteiger partial charge in [-0.25, -0.2) is 4.79 Å². The van der Waals surface area contributed by atoms with E-state index in [1.807, 2.05) is 0 Å². The molecule has 0 N–H and O–H groups in total. The molecule has 0 aliphatic carbocycles. The summed E-state index contributed by atoms with van der Waals surface area (Å²) in [4.78, 5) is 12.4. The van der Waals surface area contributed by atoms with Crippen molar-refractivity contribution in [2.45, 2.75) is 6.61 Å². The number of rotatable bonds is 5. The number of carbonyl (C=O) groups excluding carboxylic acids is 1. The molecule has 1 aliphatic rings. The molecule has 0 fully saturated rings. The fraction of sp³-hybridized carbons (Fsp3) is 0.235. The van der Waals surface area contributed by atoms with Gasteiger partial charge >= 0.3 is 5.97 Å². The lowest BCUT2D eigenvalue weighted by atomic mass is 10.2. The smallest absolute Gasteiger partial charge is 0.342 e. The van der Waals surface area contributed by atoms with E-state index in [9.17, 15) is 4.79 Å². The van der Waals surface area contributed by atoms with Gasteiger partial charge in [-0.05, 0) is 24.3 Å². The summed E-state index contributed by atoms with van der Waals surface area (Å²) in [7, 11) is 2.99. The van der Waals surface area contributed by atoms with Crippen LogP contribution in [0.15, 0.2) is 34.8 Å². The molecule has 0 saturated heterocycles. The van der Waals surface area contributed by atoms with Gasteiger partial charge in [0.25, 0.3) is 0 Å². The molecule has 2 aromatic rings. The summed E-state index contributed by atoms with van der Waals surface area (Å²) in [5, 5.41) is 0. The quantitative estimate of drug-likeness (QED) is 0.722. The third-order valence-corrected chi connectivity index (χ3v) is 4.26. The van der Waals surface area contributed by atoms with E-state index in [-0.39, 0.29) is 13.4 Å². The number of carbonyl (C=O) groups is 1. The van der Waals surface area contributed by atoms with Gasteiger partial charge in [0.05, 0.1) is 14.2 Å². The Kier molecular flexibility index (Phi) is 4.80. The summed E-state index contributed by atoms with van der Waals surface area (Å²) in [6.45, 7) is 0.266. The van der Waals surface area contributed by atoms with Crippen molar-refractivity contribution in [1.82, 2.24) is 0 Å². The molecule has 2 aromatic carbocycles. The summed E-state index contributed by atoms with van der Waals surface area (Å²) >= 11 is 3.44. The zero-order valence-corrected chi connectivity index (χ0v) is 14.7. The SMILES string of the molecule is COc1cccc(C(=O)OCc2cc3c(cc2Br)OCO3)c1OC. The van der Waals surface area contributed by atoms with Crippen LogP contribution >= 0.6 is 15.9 Å². The number of hydrogen-bond acceptors (Lipinski definition) is 6. The number of halogens is 1. The van der Waals surface area contributed by atoms with Crippen LogP contribution in [-0.4, -0.2) is 27.0 Å². The maximum atomic E-state index is 12.4. The number of methoxy groups -OCH3 is 2. The van der Waals surface area contributed by atoms with Crippen LogP contribution in [0.4, 0.5) is 0 Å². The van der Waals surface area contributed by atoms with Crippen molar-refractivity contribution in [3.05, 3.63) is 45.9 Å². The molecule has 0 amide bonds. The van der Waals surface area contributed by atoms with Crippen molar-refractivity contribution >= 4 is 21.9 Å². The summed E-state index contributed by atoms with van der Waals surface area (Å²) in [5.41, 5.74) is 1.07. The molecule has 1 aliphatic heterocycles. The monoisotopic (exact) mass is 394 g/mol. The molecule has 0 spiro atoms. The van der Waals surface area contributed by atoms with E-state index in [1.54, 1.807) is 30.3 Å². The Bertz CT molecular complexity index is 774. The van der Waals surface area contributed by atoms with E-state index in [4.69, 9.17) is 23.7 Å². The lowest BCUT2D eigenvalue weighted by Gasteiger charge is -2.12. The third kappa shape index (κ3) is 3.12. The van der Waals surface area contributed by atoms with Crippen LogP contribution in [0.2, 0.25) is 0 Å². The van der Waals surface area contributed by atoms with Gasteiger partial charge in [0, 0.05) is 10.0 Å². The Morgan fingerprint density at radius 1 is 1.17 bits per heavy atom. The molecular weight excluding hydrogens is 380 g/mol. The highest BCUT2D eigenvalue weighted by Crippen LogP contribution is 2.37. The molecular formula is C17H15BrO6. The molecule has 3 rings (SSSR count). The summed E-state index contributed by atoms with van der Waals surface area (Å²) in [6.07, 6.45) is 0. The Hall–Kier alpha value is -2.41. The number of hydrogen-bond donors (Lipinski definition) is 0. The minimum absolute atomic E-state index is 0.0798. The molecule has 1 heterocycles. The van der Waals surface area contributed by atoms with Crippen LogP contribution in [0.5, 0.6) is 23.0 Å². The minimum Gasteiger partial charge on any atom is -0.493 e. The predicted molar refractivity (Wildman–Crippen MR) is 88.9 cm³/mol.